The van der Waals surface area contributed by atoms with Crippen LogP contribution in [0, 0.1) is 0 Å². The molecule has 2 N–H and O–H groups in total. The molecule has 0 saturated heterocycles. The Morgan fingerprint density at radius 3 is 2.30 bits per heavy atom. The number of hydrogen-bond acceptors (Lipinski definition) is 3. The highest BCUT2D eigenvalue weighted by Gasteiger charge is 2.11. The Labute approximate surface area is 131 Å². The normalized spacial score (nSPS) is 9.90. The van der Waals surface area contributed by atoms with Gasteiger partial charge in [-0.1, -0.05) is 41.4 Å². The number of hydrogen-bond donors (Lipinski definition) is 2. The number of nitrogens with zero attached hydrogens (tertiary/aromatic N) is 1. The van der Waals surface area contributed by atoms with Crippen molar-refractivity contribution in [2.75, 3.05) is 5.32 Å². The number of amides is 1. The van der Waals surface area contributed by atoms with Gasteiger partial charge in [-0.05, 0) is 24.4 Å². The molecule has 1 heterocycles. The van der Waals surface area contributed by atoms with E-state index in [9.17, 15) is 4.79 Å². The number of nitrogens with one attached hydrogen (secondary N) is 2. The summed E-state index contributed by atoms with van der Waals surface area (Å²) in [6.07, 6.45) is 2.86. The number of thiocarbonyl (C=S) groups is 1. The molecule has 1 aromatic heterocycles. The second kappa shape index (κ2) is 6.65. The zero-order valence-corrected chi connectivity index (χ0v) is 12.4. The van der Waals surface area contributed by atoms with Crippen LogP contribution in [0.15, 0.2) is 42.7 Å². The predicted molar refractivity (Wildman–Crippen MR) is 84.4 cm³/mol. The molecule has 0 aliphatic carbocycles. The molecule has 0 unspecified atom stereocenters. The van der Waals surface area contributed by atoms with E-state index in [2.05, 4.69) is 15.6 Å². The van der Waals surface area contributed by atoms with Gasteiger partial charge in [-0.3, -0.25) is 15.1 Å². The molecule has 0 atom stereocenters. The van der Waals surface area contributed by atoms with Crippen molar-refractivity contribution in [3.05, 3.63) is 58.3 Å². The molecule has 0 bridgehead atoms. The first-order valence-corrected chi connectivity index (χ1v) is 6.70. The van der Waals surface area contributed by atoms with Crippen LogP contribution in [0.25, 0.3) is 0 Å². The maximum atomic E-state index is 11.9. The average Bonchev–Trinajstić information content (AvgIpc) is 2.44. The van der Waals surface area contributed by atoms with Gasteiger partial charge in [0.05, 0.1) is 15.7 Å². The highest BCUT2D eigenvalue weighted by atomic mass is 35.5. The quantitative estimate of drug-likeness (QED) is 0.829. The van der Waals surface area contributed by atoms with E-state index in [1.165, 1.54) is 12.4 Å². The van der Waals surface area contributed by atoms with Gasteiger partial charge in [0, 0.05) is 18.0 Å². The topological polar surface area (TPSA) is 54.0 Å². The fraction of sp³-hybridized carbons (Fsp3) is 0. The summed E-state index contributed by atoms with van der Waals surface area (Å²) in [6, 6.07) is 8.72. The van der Waals surface area contributed by atoms with Crippen LogP contribution in [0.3, 0.4) is 0 Å². The van der Waals surface area contributed by atoms with Gasteiger partial charge in [-0.2, -0.15) is 0 Å². The smallest absolute Gasteiger partial charge is 0.257 e. The molecule has 0 aliphatic rings. The van der Waals surface area contributed by atoms with Crippen molar-refractivity contribution >= 4 is 52.1 Å². The van der Waals surface area contributed by atoms with E-state index in [4.69, 9.17) is 35.4 Å². The summed E-state index contributed by atoms with van der Waals surface area (Å²) in [5.74, 6) is -0.315. The standard InChI is InChI=1S/C13H9Cl2N3OS/c14-9-6-16-7-10(15)11(9)17-13(20)18-12(19)8-4-2-1-3-5-8/h1-7H,(H2,16,17,18,19,20). The van der Waals surface area contributed by atoms with Gasteiger partial charge in [-0.15, -0.1) is 0 Å². The van der Waals surface area contributed by atoms with Gasteiger partial charge >= 0.3 is 0 Å². The summed E-state index contributed by atoms with van der Waals surface area (Å²) >= 11 is 16.9. The summed E-state index contributed by atoms with van der Waals surface area (Å²) in [5.41, 5.74) is 0.908. The van der Waals surface area contributed by atoms with E-state index in [-0.39, 0.29) is 11.0 Å². The Balaban J connectivity index is 2.05. The van der Waals surface area contributed by atoms with E-state index in [1.54, 1.807) is 24.3 Å². The van der Waals surface area contributed by atoms with Gasteiger partial charge in [0.25, 0.3) is 5.91 Å². The Hall–Kier alpha value is -1.69. The summed E-state index contributed by atoms with van der Waals surface area (Å²) in [7, 11) is 0. The van der Waals surface area contributed by atoms with Crippen LogP contribution in [0.2, 0.25) is 10.0 Å². The van der Waals surface area contributed by atoms with E-state index in [0.29, 0.717) is 21.3 Å². The fourth-order valence-electron chi connectivity index (χ4n) is 1.44. The number of anilines is 1. The molecule has 4 nitrogen and oxygen atoms in total. The molecule has 20 heavy (non-hydrogen) atoms. The number of halogens is 2. The summed E-state index contributed by atoms with van der Waals surface area (Å²) in [5, 5.41) is 6.05. The van der Waals surface area contributed by atoms with Crippen LogP contribution in [0.1, 0.15) is 10.4 Å². The van der Waals surface area contributed by atoms with Crippen molar-refractivity contribution in [1.82, 2.24) is 10.3 Å². The van der Waals surface area contributed by atoms with E-state index < -0.39 is 0 Å². The molecule has 0 saturated carbocycles. The summed E-state index contributed by atoms with van der Waals surface area (Å²) in [6.45, 7) is 0. The molecule has 0 spiro atoms. The van der Waals surface area contributed by atoms with Crippen molar-refractivity contribution in [3.8, 4) is 0 Å². The van der Waals surface area contributed by atoms with Crippen molar-refractivity contribution in [2.24, 2.45) is 0 Å². The number of pyridine rings is 1. The average molecular weight is 326 g/mol. The van der Waals surface area contributed by atoms with Crippen LogP contribution >= 0.6 is 35.4 Å². The van der Waals surface area contributed by atoms with E-state index >= 15 is 0 Å². The SMILES string of the molecule is O=C(NC(=S)Nc1c(Cl)cncc1Cl)c1ccccc1. The Morgan fingerprint density at radius 1 is 1.10 bits per heavy atom. The largest absolute Gasteiger partial charge is 0.330 e. The first-order chi connectivity index (χ1) is 9.58. The monoisotopic (exact) mass is 325 g/mol. The number of aromatic nitrogens is 1. The minimum Gasteiger partial charge on any atom is -0.330 e. The van der Waals surface area contributed by atoms with Gasteiger partial charge in [0.2, 0.25) is 0 Å². The zero-order chi connectivity index (χ0) is 14.5. The van der Waals surface area contributed by atoms with Crippen LogP contribution in [0.5, 0.6) is 0 Å². The molecule has 2 rings (SSSR count). The van der Waals surface area contributed by atoms with E-state index in [1.807, 2.05) is 6.07 Å². The maximum absolute atomic E-state index is 11.9. The molecular formula is C13H9Cl2N3OS. The third-order valence-electron chi connectivity index (χ3n) is 2.35. The number of carbonyl (C=O) groups is 1. The predicted octanol–water partition coefficient (Wildman–Crippen LogP) is 3.52. The summed E-state index contributed by atoms with van der Waals surface area (Å²) in [4.78, 5) is 15.7. The number of rotatable bonds is 2. The van der Waals surface area contributed by atoms with Crippen LogP contribution < -0.4 is 10.6 Å². The lowest BCUT2D eigenvalue weighted by atomic mass is 10.2. The number of benzene rings is 1. The lowest BCUT2D eigenvalue weighted by Crippen LogP contribution is -2.34. The van der Waals surface area contributed by atoms with Crippen LogP contribution in [0.4, 0.5) is 5.69 Å². The minimum absolute atomic E-state index is 0.105. The molecule has 0 aliphatic heterocycles. The summed E-state index contributed by atoms with van der Waals surface area (Å²) < 4.78 is 0. The molecule has 7 heteroatoms. The van der Waals surface area contributed by atoms with Crippen molar-refractivity contribution in [3.63, 3.8) is 0 Å². The third-order valence-corrected chi connectivity index (χ3v) is 3.13. The first-order valence-electron chi connectivity index (χ1n) is 5.54. The van der Waals surface area contributed by atoms with Crippen molar-refractivity contribution in [1.29, 1.82) is 0 Å². The van der Waals surface area contributed by atoms with Gasteiger partial charge in [-0.25, -0.2) is 0 Å². The highest BCUT2D eigenvalue weighted by molar-refractivity contribution is 7.80. The second-order valence-electron chi connectivity index (χ2n) is 3.75. The van der Waals surface area contributed by atoms with Gasteiger partial charge < -0.3 is 5.32 Å². The van der Waals surface area contributed by atoms with Crippen molar-refractivity contribution in [2.45, 2.75) is 0 Å². The van der Waals surface area contributed by atoms with Crippen LogP contribution in [-0.2, 0) is 0 Å². The molecule has 2 aromatic rings. The zero-order valence-electron chi connectivity index (χ0n) is 10.1. The van der Waals surface area contributed by atoms with E-state index in [0.717, 1.165) is 0 Å². The Morgan fingerprint density at radius 2 is 1.70 bits per heavy atom. The van der Waals surface area contributed by atoms with Gasteiger partial charge in [0.1, 0.15) is 0 Å². The lowest BCUT2D eigenvalue weighted by molar-refractivity contribution is 0.0978. The van der Waals surface area contributed by atoms with Crippen LogP contribution in [-0.4, -0.2) is 16.0 Å². The van der Waals surface area contributed by atoms with Gasteiger partial charge in [0.15, 0.2) is 5.11 Å². The first kappa shape index (κ1) is 14.7. The highest BCUT2D eigenvalue weighted by Crippen LogP contribution is 2.28. The fourth-order valence-corrected chi connectivity index (χ4v) is 2.09. The molecule has 102 valence electrons. The lowest BCUT2D eigenvalue weighted by Gasteiger charge is -2.11. The molecule has 1 aromatic carbocycles. The maximum Gasteiger partial charge on any atom is 0.257 e. The number of carbonyl (C=O) groups excluding carboxylic acids is 1. The Bertz CT molecular complexity index is 629. The minimum atomic E-state index is -0.315. The molecule has 0 fully saturated rings. The Kier molecular flexibility index (Phi) is 4.89. The molecule has 1 amide bonds. The second-order valence-corrected chi connectivity index (χ2v) is 4.98. The molecular weight excluding hydrogens is 317 g/mol. The molecule has 0 radical (unpaired) electrons. The van der Waals surface area contributed by atoms with Crippen molar-refractivity contribution < 1.29 is 4.79 Å². The third kappa shape index (κ3) is 3.66.